The smallest absolute Gasteiger partial charge is 0.164 e. The molecular formula is C11H10FIO. The largest absolute Gasteiger partial charge is 0.294 e. The van der Waals surface area contributed by atoms with Crippen LogP contribution in [-0.2, 0) is 0 Å². The number of Topliss-reactive ketones (excluding diaryl/α,β-unsaturated/α-hetero) is 1. The Morgan fingerprint density at radius 3 is 2.86 bits per heavy atom. The molecule has 0 spiro atoms. The highest BCUT2D eigenvalue weighted by Gasteiger charge is 2.09. The van der Waals surface area contributed by atoms with Crippen LogP contribution in [-0.4, -0.2) is 5.78 Å². The van der Waals surface area contributed by atoms with E-state index in [-0.39, 0.29) is 11.6 Å². The van der Waals surface area contributed by atoms with E-state index in [1.54, 1.807) is 6.08 Å². The highest BCUT2D eigenvalue weighted by atomic mass is 127. The zero-order chi connectivity index (χ0) is 10.6. The van der Waals surface area contributed by atoms with Crippen LogP contribution in [0.2, 0.25) is 0 Å². The topological polar surface area (TPSA) is 17.1 Å². The molecule has 1 aromatic carbocycles. The second-order valence-electron chi connectivity index (χ2n) is 2.87. The average Bonchev–Trinajstić information content (AvgIpc) is 2.14. The van der Waals surface area contributed by atoms with Crippen LogP contribution in [0.25, 0.3) is 0 Å². The molecule has 1 rings (SSSR count). The fourth-order valence-electron chi connectivity index (χ4n) is 1.08. The van der Waals surface area contributed by atoms with Crippen LogP contribution in [0.15, 0.2) is 30.9 Å². The van der Waals surface area contributed by atoms with Crippen LogP contribution in [0.1, 0.15) is 23.2 Å². The molecule has 0 fully saturated rings. The van der Waals surface area contributed by atoms with Gasteiger partial charge in [0.05, 0.1) is 0 Å². The van der Waals surface area contributed by atoms with Crippen molar-refractivity contribution in [3.05, 3.63) is 45.8 Å². The minimum Gasteiger partial charge on any atom is -0.294 e. The second-order valence-corrected chi connectivity index (χ2v) is 4.04. The monoisotopic (exact) mass is 304 g/mol. The van der Waals surface area contributed by atoms with Gasteiger partial charge in [-0.05, 0) is 47.2 Å². The maximum atomic E-state index is 12.7. The van der Waals surface area contributed by atoms with Crippen molar-refractivity contribution in [1.29, 1.82) is 0 Å². The van der Waals surface area contributed by atoms with Gasteiger partial charge in [-0.3, -0.25) is 4.79 Å². The maximum absolute atomic E-state index is 12.7. The van der Waals surface area contributed by atoms with Crippen molar-refractivity contribution in [2.45, 2.75) is 12.8 Å². The normalized spacial score (nSPS) is 9.86. The Labute approximate surface area is 96.2 Å². The van der Waals surface area contributed by atoms with Crippen molar-refractivity contribution in [2.75, 3.05) is 0 Å². The summed E-state index contributed by atoms with van der Waals surface area (Å²) >= 11 is 1.97. The summed E-state index contributed by atoms with van der Waals surface area (Å²) in [6, 6.07) is 4.20. The zero-order valence-corrected chi connectivity index (χ0v) is 9.75. The summed E-state index contributed by atoms with van der Waals surface area (Å²) in [6.07, 6.45) is 2.80. The Balaban J connectivity index is 2.84. The quantitative estimate of drug-likeness (QED) is 0.472. The molecule has 1 nitrogen and oxygen atoms in total. The molecule has 0 atom stereocenters. The molecule has 3 heteroatoms. The van der Waals surface area contributed by atoms with Gasteiger partial charge in [0.15, 0.2) is 5.78 Å². The summed E-state index contributed by atoms with van der Waals surface area (Å²) in [7, 11) is 0. The van der Waals surface area contributed by atoms with E-state index in [9.17, 15) is 9.18 Å². The van der Waals surface area contributed by atoms with Gasteiger partial charge in [-0.2, -0.15) is 0 Å². The molecule has 0 aliphatic carbocycles. The highest BCUT2D eigenvalue weighted by molar-refractivity contribution is 14.1. The number of rotatable bonds is 4. The van der Waals surface area contributed by atoms with Crippen LogP contribution in [0, 0.1) is 9.39 Å². The van der Waals surface area contributed by atoms with E-state index in [1.807, 2.05) is 22.6 Å². The standard InChI is InChI=1S/C11H10FIO/c1-2-3-4-11(14)9-6-5-8(12)7-10(9)13/h2,5-7H,1,3-4H2. The number of benzene rings is 1. The molecule has 0 heterocycles. The van der Waals surface area contributed by atoms with Crippen LogP contribution in [0.5, 0.6) is 0 Å². The van der Waals surface area contributed by atoms with Gasteiger partial charge in [-0.15, -0.1) is 6.58 Å². The Bertz CT molecular complexity index is 360. The van der Waals surface area contributed by atoms with E-state index in [4.69, 9.17) is 0 Å². The van der Waals surface area contributed by atoms with E-state index in [0.717, 1.165) is 0 Å². The summed E-state index contributed by atoms with van der Waals surface area (Å²) in [5.41, 5.74) is 0.592. The minimum absolute atomic E-state index is 0.0364. The number of ketones is 1. The van der Waals surface area contributed by atoms with Crippen LogP contribution < -0.4 is 0 Å². The summed E-state index contributed by atoms with van der Waals surface area (Å²) < 4.78 is 13.4. The zero-order valence-electron chi connectivity index (χ0n) is 7.59. The lowest BCUT2D eigenvalue weighted by atomic mass is 10.1. The number of hydrogen-bond donors (Lipinski definition) is 0. The Hall–Kier alpha value is -0.710. The lowest BCUT2D eigenvalue weighted by Gasteiger charge is -2.02. The van der Waals surface area contributed by atoms with Gasteiger partial charge < -0.3 is 0 Å². The molecule has 0 aliphatic rings. The van der Waals surface area contributed by atoms with Crippen molar-refractivity contribution >= 4 is 28.4 Å². The van der Waals surface area contributed by atoms with Crippen molar-refractivity contribution in [2.24, 2.45) is 0 Å². The third kappa shape index (κ3) is 2.90. The lowest BCUT2D eigenvalue weighted by molar-refractivity contribution is 0.0983. The summed E-state index contributed by atoms with van der Waals surface area (Å²) in [5, 5.41) is 0. The Kier molecular flexibility index (Phi) is 4.25. The number of carbonyl (C=O) groups excluding carboxylic acids is 1. The van der Waals surface area contributed by atoms with Crippen LogP contribution in [0.3, 0.4) is 0 Å². The third-order valence-electron chi connectivity index (χ3n) is 1.81. The molecule has 74 valence electrons. The lowest BCUT2D eigenvalue weighted by Crippen LogP contribution is -2.01. The van der Waals surface area contributed by atoms with Gasteiger partial charge in [0.1, 0.15) is 5.82 Å². The van der Waals surface area contributed by atoms with Gasteiger partial charge in [0.2, 0.25) is 0 Å². The van der Waals surface area contributed by atoms with E-state index in [0.29, 0.717) is 22.0 Å². The molecule has 0 aromatic heterocycles. The second kappa shape index (κ2) is 5.24. The van der Waals surface area contributed by atoms with Crippen molar-refractivity contribution in [3.8, 4) is 0 Å². The summed E-state index contributed by atoms with van der Waals surface area (Å²) in [6.45, 7) is 3.55. The molecule has 1 aromatic rings. The molecule has 0 amide bonds. The Morgan fingerprint density at radius 2 is 2.29 bits per heavy atom. The van der Waals surface area contributed by atoms with Gasteiger partial charge in [-0.25, -0.2) is 4.39 Å². The predicted octanol–water partition coefficient (Wildman–Crippen LogP) is 3.58. The molecule has 0 bridgehead atoms. The van der Waals surface area contributed by atoms with Gasteiger partial charge in [-0.1, -0.05) is 6.08 Å². The average molecular weight is 304 g/mol. The van der Waals surface area contributed by atoms with Crippen molar-refractivity contribution in [1.82, 2.24) is 0 Å². The molecule has 0 saturated carbocycles. The first-order valence-electron chi connectivity index (χ1n) is 4.24. The van der Waals surface area contributed by atoms with Crippen LogP contribution in [0.4, 0.5) is 4.39 Å². The van der Waals surface area contributed by atoms with E-state index in [2.05, 4.69) is 6.58 Å². The molecule has 0 N–H and O–H groups in total. The Morgan fingerprint density at radius 1 is 1.57 bits per heavy atom. The van der Waals surface area contributed by atoms with Gasteiger partial charge in [0, 0.05) is 15.6 Å². The minimum atomic E-state index is -0.310. The van der Waals surface area contributed by atoms with Gasteiger partial charge >= 0.3 is 0 Å². The molecular weight excluding hydrogens is 294 g/mol. The summed E-state index contributed by atoms with van der Waals surface area (Å²) in [4.78, 5) is 11.6. The van der Waals surface area contributed by atoms with E-state index < -0.39 is 0 Å². The van der Waals surface area contributed by atoms with E-state index >= 15 is 0 Å². The molecule has 0 unspecified atom stereocenters. The van der Waals surface area contributed by atoms with Gasteiger partial charge in [0.25, 0.3) is 0 Å². The number of hydrogen-bond acceptors (Lipinski definition) is 1. The molecule has 14 heavy (non-hydrogen) atoms. The molecule has 0 saturated heterocycles. The molecule has 0 aliphatic heterocycles. The van der Waals surface area contributed by atoms with Crippen molar-refractivity contribution < 1.29 is 9.18 Å². The van der Waals surface area contributed by atoms with E-state index in [1.165, 1.54) is 18.2 Å². The first-order chi connectivity index (χ1) is 6.65. The number of carbonyl (C=O) groups is 1. The van der Waals surface area contributed by atoms with Crippen LogP contribution >= 0.6 is 22.6 Å². The number of allylic oxidation sites excluding steroid dienone is 1. The third-order valence-corrected chi connectivity index (χ3v) is 2.70. The first-order valence-corrected chi connectivity index (χ1v) is 5.32. The maximum Gasteiger partial charge on any atom is 0.164 e. The highest BCUT2D eigenvalue weighted by Crippen LogP contribution is 2.16. The van der Waals surface area contributed by atoms with Crippen molar-refractivity contribution in [3.63, 3.8) is 0 Å². The fourth-order valence-corrected chi connectivity index (χ4v) is 1.86. The fraction of sp³-hybridized carbons (Fsp3) is 0.182. The predicted molar refractivity (Wildman–Crippen MR) is 62.9 cm³/mol. The number of halogens is 2. The molecule has 0 radical (unpaired) electrons. The first kappa shape index (κ1) is 11.4. The summed E-state index contributed by atoms with van der Waals surface area (Å²) in [5.74, 6) is -0.274. The SMILES string of the molecule is C=CCCC(=O)c1ccc(F)cc1I.